The molecular formula is C11H13FN2O. The van der Waals surface area contributed by atoms with E-state index < -0.39 is 0 Å². The van der Waals surface area contributed by atoms with Gasteiger partial charge in [0.05, 0.1) is 6.04 Å². The molecule has 0 amide bonds. The van der Waals surface area contributed by atoms with Gasteiger partial charge in [-0.1, -0.05) is 0 Å². The first-order valence-electron chi connectivity index (χ1n) is 4.78. The summed E-state index contributed by atoms with van der Waals surface area (Å²) in [7, 11) is 0. The summed E-state index contributed by atoms with van der Waals surface area (Å²) < 4.78 is 18.6. The zero-order valence-electron chi connectivity index (χ0n) is 8.67. The van der Waals surface area contributed by atoms with E-state index in [1.807, 2.05) is 13.8 Å². The maximum Gasteiger partial charge on any atom is 0.134 e. The number of furan rings is 1. The molecule has 4 heteroatoms. The lowest BCUT2D eigenvalue weighted by Crippen LogP contribution is -2.25. The highest BCUT2D eigenvalue weighted by Crippen LogP contribution is 2.29. The first-order valence-corrected chi connectivity index (χ1v) is 4.78. The Morgan fingerprint density at radius 2 is 2.20 bits per heavy atom. The average molecular weight is 208 g/mol. The topological polar surface area (TPSA) is 51.2 Å². The fraction of sp³-hybridized carbons (Fsp3) is 0.273. The predicted octanol–water partition coefficient (Wildman–Crippen LogP) is 2.40. The van der Waals surface area contributed by atoms with Crippen LogP contribution in [0.4, 0.5) is 4.39 Å². The number of rotatable bonds is 2. The van der Waals surface area contributed by atoms with E-state index in [0.29, 0.717) is 5.58 Å². The van der Waals surface area contributed by atoms with Gasteiger partial charge in [0.1, 0.15) is 17.2 Å². The molecule has 0 aliphatic heterocycles. The Hall–Kier alpha value is -1.39. The molecule has 0 fully saturated rings. The minimum Gasteiger partial charge on any atom is -0.459 e. The summed E-state index contributed by atoms with van der Waals surface area (Å²) in [6.45, 7) is 3.79. The van der Waals surface area contributed by atoms with Crippen LogP contribution in [-0.4, -0.2) is 0 Å². The molecule has 2 aromatic rings. The SMILES string of the molecule is Cc1c(C(C)NN)oc2ccc(F)cc12. The van der Waals surface area contributed by atoms with E-state index in [-0.39, 0.29) is 11.9 Å². The number of halogens is 1. The summed E-state index contributed by atoms with van der Waals surface area (Å²) in [6.07, 6.45) is 0. The largest absolute Gasteiger partial charge is 0.459 e. The Morgan fingerprint density at radius 3 is 2.87 bits per heavy atom. The molecule has 0 aliphatic carbocycles. The van der Waals surface area contributed by atoms with E-state index in [4.69, 9.17) is 10.3 Å². The monoisotopic (exact) mass is 208 g/mol. The quantitative estimate of drug-likeness (QED) is 0.588. The van der Waals surface area contributed by atoms with Gasteiger partial charge < -0.3 is 4.42 Å². The van der Waals surface area contributed by atoms with Gasteiger partial charge in [-0.25, -0.2) is 4.39 Å². The number of hydrazine groups is 1. The maximum atomic E-state index is 13.0. The molecule has 0 radical (unpaired) electrons. The molecule has 0 aliphatic rings. The summed E-state index contributed by atoms with van der Waals surface area (Å²) in [5, 5.41) is 0.798. The number of benzene rings is 1. The number of nitrogens with two attached hydrogens (primary N) is 1. The molecule has 15 heavy (non-hydrogen) atoms. The van der Waals surface area contributed by atoms with E-state index in [0.717, 1.165) is 16.7 Å². The molecule has 0 spiro atoms. The van der Waals surface area contributed by atoms with E-state index >= 15 is 0 Å². The zero-order valence-corrected chi connectivity index (χ0v) is 8.67. The molecule has 1 atom stereocenters. The maximum absolute atomic E-state index is 13.0. The van der Waals surface area contributed by atoms with Crippen molar-refractivity contribution in [1.82, 2.24) is 5.43 Å². The van der Waals surface area contributed by atoms with Gasteiger partial charge in [-0.05, 0) is 32.0 Å². The lowest BCUT2D eigenvalue weighted by atomic mass is 10.1. The molecule has 0 saturated carbocycles. The van der Waals surface area contributed by atoms with Crippen molar-refractivity contribution < 1.29 is 8.81 Å². The molecule has 0 bridgehead atoms. The molecular weight excluding hydrogens is 195 g/mol. The smallest absolute Gasteiger partial charge is 0.134 e. The summed E-state index contributed by atoms with van der Waals surface area (Å²) in [5.74, 6) is 5.83. The van der Waals surface area contributed by atoms with Crippen LogP contribution in [0.2, 0.25) is 0 Å². The van der Waals surface area contributed by atoms with Gasteiger partial charge in [0.15, 0.2) is 0 Å². The minimum absolute atomic E-state index is 0.0829. The second-order valence-electron chi connectivity index (χ2n) is 3.62. The summed E-state index contributed by atoms with van der Waals surface area (Å²) >= 11 is 0. The highest BCUT2D eigenvalue weighted by atomic mass is 19.1. The Morgan fingerprint density at radius 1 is 1.47 bits per heavy atom. The normalized spacial score (nSPS) is 13.3. The first kappa shape index (κ1) is 10.1. The Kier molecular flexibility index (Phi) is 2.46. The van der Waals surface area contributed by atoms with E-state index in [2.05, 4.69) is 5.43 Å². The number of hydrogen-bond donors (Lipinski definition) is 2. The van der Waals surface area contributed by atoms with Crippen LogP contribution in [0.25, 0.3) is 11.0 Å². The fourth-order valence-electron chi connectivity index (χ4n) is 1.70. The zero-order chi connectivity index (χ0) is 11.0. The van der Waals surface area contributed by atoms with Crippen LogP contribution in [0.15, 0.2) is 22.6 Å². The van der Waals surface area contributed by atoms with Gasteiger partial charge in [-0.15, -0.1) is 0 Å². The van der Waals surface area contributed by atoms with Crippen LogP contribution in [0.3, 0.4) is 0 Å². The predicted molar refractivity (Wildman–Crippen MR) is 56.6 cm³/mol. The molecule has 3 N–H and O–H groups in total. The van der Waals surface area contributed by atoms with Gasteiger partial charge >= 0.3 is 0 Å². The number of fused-ring (bicyclic) bond motifs is 1. The van der Waals surface area contributed by atoms with Crippen LogP contribution in [0, 0.1) is 12.7 Å². The third-order valence-corrected chi connectivity index (χ3v) is 2.58. The van der Waals surface area contributed by atoms with Crippen LogP contribution in [-0.2, 0) is 0 Å². The van der Waals surface area contributed by atoms with Gasteiger partial charge in [0, 0.05) is 10.9 Å². The van der Waals surface area contributed by atoms with Crippen LogP contribution < -0.4 is 11.3 Å². The second-order valence-corrected chi connectivity index (χ2v) is 3.62. The van der Waals surface area contributed by atoms with E-state index in [1.54, 1.807) is 6.07 Å². The van der Waals surface area contributed by atoms with Crippen LogP contribution in [0.1, 0.15) is 24.3 Å². The first-order chi connectivity index (χ1) is 7.13. The van der Waals surface area contributed by atoms with Crippen molar-refractivity contribution in [2.45, 2.75) is 19.9 Å². The average Bonchev–Trinajstić information content (AvgIpc) is 2.55. The van der Waals surface area contributed by atoms with Crippen molar-refractivity contribution in [2.24, 2.45) is 5.84 Å². The highest BCUT2D eigenvalue weighted by molar-refractivity contribution is 5.82. The van der Waals surface area contributed by atoms with E-state index in [9.17, 15) is 4.39 Å². The lowest BCUT2D eigenvalue weighted by molar-refractivity contribution is 0.456. The molecule has 2 rings (SSSR count). The fourth-order valence-corrected chi connectivity index (χ4v) is 1.70. The molecule has 3 nitrogen and oxygen atoms in total. The summed E-state index contributed by atoms with van der Waals surface area (Å²) in [6, 6.07) is 4.40. The molecule has 0 saturated heterocycles. The lowest BCUT2D eigenvalue weighted by Gasteiger charge is -2.06. The number of nitrogens with one attached hydrogen (secondary N) is 1. The summed E-state index contributed by atoms with van der Waals surface area (Å²) in [4.78, 5) is 0. The van der Waals surface area contributed by atoms with Crippen molar-refractivity contribution in [3.8, 4) is 0 Å². The molecule has 1 unspecified atom stereocenters. The Balaban J connectivity index is 2.64. The Labute approximate surface area is 87.0 Å². The molecule has 80 valence electrons. The third-order valence-electron chi connectivity index (χ3n) is 2.58. The van der Waals surface area contributed by atoms with Gasteiger partial charge in [0.2, 0.25) is 0 Å². The van der Waals surface area contributed by atoms with Crippen LogP contribution >= 0.6 is 0 Å². The van der Waals surface area contributed by atoms with Gasteiger partial charge in [0.25, 0.3) is 0 Å². The number of hydrogen-bond acceptors (Lipinski definition) is 3. The Bertz CT molecular complexity index is 493. The molecule has 1 heterocycles. The van der Waals surface area contributed by atoms with E-state index in [1.165, 1.54) is 12.1 Å². The van der Waals surface area contributed by atoms with Crippen LogP contribution in [0.5, 0.6) is 0 Å². The van der Waals surface area contributed by atoms with Gasteiger partial charge in [-0.3, -0.25) is 11.3 Å². The highest BCUT2D eigenvalue weighted by Gasteiger charge is 2.15. The van der Waals surface area contributed by atoms with Gasteiger partial charge in [-0.2, -0.15) is 0 Å². The molecule has 1 aromatic carbocycles. The standard InChI is InChI=1S/C11H13FN2O/c1-6-9-5-8(12)3-4-10(9)15-11(6)7(2)14-13/h3-5,7,14H,13H2,1-2H3. The van der Waals surface area contributed by atoms with Crippen molar-refractivity contribution in [3.63, 3.8) is 0 Å². The second kappa shape index (κ2) is 3.64. The van der Waals surface area contributed by atoms with Crippen molar-refractivity contribution in [2.75, 3.05) is 0 Å². The summed E-state index contributed by atoms with van der Waals surface area (Å²) in [5.41, 5.74) is 4.22. The van der Waals surface area contributed by atoms with Crippen molar-refractivity contribution >= 4 is 11.0 Å². The third kappa shape index (κ3) is 1.62. The number of aryl methyl sites for hydroxylation is 1. The van der Waals surface area contributed by atoms with Crippen molar-refractivity contribution in [3.05, 3.63) is 35.3 Å². The molecule has 1 aromatic heterocycles. The van der Waals surface area contributed by atoms with Crippen molar-refractivity contribution in [1.29, 1.82) is 0 Å². The minimum atomic E-state index is -0.258.